The molecular formula is C12H14N6O2S. The minimum atomic E-state index is -0.334. The van der Waals surface area contributed by atoms with E-state index < -0.39 is 0 Å². The van der Waals surface area contributed by atoms with Crippen LogP contribution < -0.4 is 5.69 Å². The van der Waals surface area contributed by atoms with Crippen LogP contribution in [0.3, 0.4) is 0 Å². The Hall–Kier alpha value is -2.29. The average Bonchev–Trinajstić information content (AvgIpc) is 3.11. The Morgan fingerprint density at radius 2 is 2.14 bits per heavy atom. The van der Waals surface area contributed by atoms with Gasteiger partial charge in [-0.3, -0.25) is 0 Å². The van der Waals surface area contributed by atoms with Gasteiger partial charge in [-0.15, -0.1) is 11.3 Å². The highest BCUT2D eigenvalue weighted by Gasteiger charge is 2.22. The van der Waals surface area contributed by atoms with Gasteiger partial charge in [0.15, 0.2) is 5.82 Å². The van der Waals surface area contributed by atoms with Crippen molar-refractivity contribution in [2.75, 3.05) is 0 Å². The molecule has 8 nitrogen and oxygen atoms in total. The Balaban J connectivity index is 1.86. The fraction of sp³-hybridized carbons (Fsp3) is 0.417. The summed E-state index contributed by atoms with van der Waals surface area (Å²) in [5, 5.41) is 14.2. The van der Waals surface area contributed by atoms with Crippen molar-refractivity contribution in [1.29, 1.82) is 0 Å². The summed E-state index contributed by atoms with van der Waals surface area (Å²) in [5.41, 5.74) is -0.565. The number of aromatic nitrogens is 6. The lowest BCUT2D eigenvalue weighted by atomic mass is 9.97. The highest BCUT2D eigenvalue weighted by molar-refractivity contribution is 7.12. The van der Waals surface area contributed by atoms with Crippen molar-refractivity contribution in [2.24, 2.45) is 0 Å². The zero-order valence-corrected chi connectivity index (χ0v) is 12.7. The molecule has 0 bridgehead atoms. The first-order valence-corrected chi connectivity index (χ1v) is 7.23. The monoisotopic (exact) mass is 306 g/mol. The molecular weight excluding hydrogens is 292 g/mol. The highest BCUT2D eigenvalue weighted by atomic mass is 32.1. The molecule has 0 aliphatic heterocycles. The summed E-state index contributed by atoms with van der Waals surface area (Å²) in [6.07, 6.45) is 0. The van der Waals surface area contributed by atoms with E-state index in [1.807, 2.05) is 32.2 Å². The number of hydrogen-bond donors (Lipinski definition) is 0. The maximum absolute atomic E-state index is 12.2. The molecule has 0 fully saturated rings. The third kappa shape index (κ3) is 2.64. The Kier molecular flexibility index (Phi) is 3.20. The van der Waals surface area contributed by atoms with Crippen LogP contribution >= 0.6 is 11.3 Å². The molecule has 0 spiro atoms. The van der Waals surface area contributed by atoms with Gasteiger partial charge in [0.2, 0.25) is 5.89 Å². The van der Waals surface area contributed by atoms with E-state index in [9.17, 15) is 4.79 Å². The number of rotatable bonds is 3. The minimum Gasteiger partial charge on any atom is -0.339 e. The van der Waals surface area contributed by atoms with Crippen molar-refractivity contribution >= 4 is 11.3 Å². The lowest BCUT2D eigenvalue weighted by Crippen LogP contribution is -2.24. The molecule has 3 rings (SSSR count). The highest BCUT2D eigenvalue weighted by Crippen LogP contribution is 2.19. The van der Waals surface area contributed by atoms with E-state index >= 15 is 0 Å². The maximum atomic E-state index is 12.2. The third-order valence-electron chi connectivity index (χ3n) is 2.76. The fourth-order valence-electron chi connectivity index (χ4n) is 1.66. The molecule has 0 atom stereocenters. The molecule has 21 heavy (non-hydrogen) atoms. The fourth-order valence-corrected chi connectivity index (χ4v) is 2.33. The predicted octanol–water partition coefficient (Wildman–Crippen LogP) is 1.22. The standard InChI is InChI=1S/C12H14N6O2S/c1-12(2,3)10-13-8(14-20-10)7-17-11(19)18(16-15-17)9-5-4-6-21-9/h4-6H,7H2,1-3H3. The van der Waals surface area contributed by atoms with Gasteiger partial charge in [-0.2, -0.15) is 14.3 Å². The van der Waals surface area contributed by atoms with E-state index in [2.05, 4.69) is 20.6 Å². The van der Waals surface area contributed by atoms with Crippen molar-refractivity contribution in [3.63, 3.8) is 0 Å². The van der Waals surface area contributed by atoms with Gasteiger partial charge in [0.1, 0.15) is 11.5 Å². The molecule has 3 aromatic rings. The maximum Gasteiger partial charge on any atom is 0.369 e. The number of thiophene rings is 1. The number of nitrogens with zero attached hydrogens (tertiary/aromatic N) is 6. The van der Waals surface area contributed by atoms with Crippen molar-refractivity contribution < 1.29 is 4.52 Å². The first kappa shape index (κ1) is 13.7. The summed E-state index contributed by atoms with van der Waals surface area (Å²) in [6, 6.07) is 3.65. The van der Waals surface area contributed by atoms with E-state index in [1.165, 1.54) is 20.7 Å². The average molecular weight is 306 g/mol. The van der Waals surface area contributed by atoms with E-state index in [-0.39, 0.29) is 17.6 Å². The quantitative estimate of drug-likeness (QED) is 0.722. The second-order valence-electron chi connectivity index (χ2n) is 5.55. The van der Waals surface area contributed by atoms with Crippen LogP contribution in [0.4, 0.5) is 0 Å². The summed E-state index contributed by atoms with van der Waals surface area (Å²) >= 11 is 1.41. The van der Waals surface area contributed by atoms with Gasteiger partial charge < -0.3 is 4.52 Å². The van der Waals surface area contributed by atoms with Crippen molar-refractivity contribution in [1.82, 2.24) is 29.9 Å². The van der Waals surface area contributed by atoms with Gasteiger partial charge >= 0.3 is 5.69 Å². The van der Waals surface area contributed by atoms with Crippen LogP contribution in [0, 0.1) is 0 Å². The third-order valence-corrected chi connectivity index (χ3v) is 3.60. The van der Waals surface area contributed by atoms with E-state index in [1.54, 1.807) is 6.07 Å². The summed E-state index contributed by atoms with van der Waals surface area (Å²) < 4.78 is 7.64. The Morgan fingerprint density at radius 1 is 1.33 bits per heavy atom. The lowest BCUT2D eigenvalue weighted by Gasteiger charge is -2.10. The van der Waals surface area contributed by atoms with Crippen LogP contribution in [-0.4, -0.2) is 29.9 Å². The van der Waals surface area contributed by atoms with Gasteiger partial charge in [-0.1, -0.05) is 25.9 Å². The molecule has 3 aromatic heterocycles. The van der Waals surface area contributed by atoms with Crippen molar-refractivity contribution in [3.05, 3.63) is 39.7 Å². The van der Waals surface area contributed by atoms with Gasteiger partial charge in [-0.25, -0.2) is 4.79 Å². The molecule has 0 aliphatic carbocycles. The second-order valence-corrected chi connectivity index (χ2v) is 6.47. The molecule has 0 aromatic carbocycles. The van der Waals surface area contributed by atoms with Crippen LogP contribution in [-0.2, 0) is 12.0 Å². The molecule has 0 saturated heterocycles. The van der Waals surface area contributed by atoms with Crippen LogP contribution in [0.5, 0.6) is 0 Å². The van der Waals surface area contributed by atoms with Gasteiger partial charge in [0, 0.05) is 5.41 Å². The van der Waals surface area contributed by atoms with Gasteiger partial charge in [0.25, 0.3) is 0 Å². The first-order valence-electron chi connectivity index (χ1n) is 6.35. The summed E-state index contributed by atoms with van der Waals surface area (Å²) in [5.74, 6) is 0.927. The zero-order valence-electron chi connectivity index (χ0n) is 11.8. The van der Waals surface area contributed by atoms with Crippen LogP contribution in [0.2, 0.25) is 0 Å². The van der Waals surface area contributed by atoms with E-state index in [0.29, 0.717) is 11.7 Å². The second kappa shape index (κ2) is 4.92. The predicted molar refractivity (Wildman–Crippen MR) is 75.6 cm³/mol. The van der Waals surface area contributed by atoms with E-state index in [0.717, 1.165) is 5.00 Å². The van der Waals surface area contributed by atoms with Crippen LogP contribution in [0.25, 0.3) is 5.00 Å². The van der Waals surface area contributed by atoms with Crippen molar-refractivity contribution in [2.45, 2.75) is 32.7 Å². The number of tetrazole rings is 1. The van der Waals surface area contributed by atoms with Crippen LogP contribution in [0.15, 0.2) is 26.8 Å². The van der Waals surface area contributed by atoms with Crippen LogP contribution in [0.1, 0.15) is 32.5 Å². The topological polar surface area (TPSA) is 91.6 Å². The van der Waals surface area contributed by atoms with Crippen molar-refractivity contribution in [3.8, 4) is 5.00 Å². The molecule has 0 saturated carbocycles. The lowest BCUT2D eigenvalue weighted by molar-refractivity contribution is 0.317. The van der Waals surface area contributed by atoms with E-state index in [4.69, 9.17) is 4.52 Å². The molecule has 0 aliphatic rings. The minimum absolute atomic E-state index is 0.129. The zero-order chi connectivity index (χ0) is 15.0. The molecule has 0 N–H and O–H groups in total. The molecule has 9 heteroatoms. The largest absolute Gasteiger partial charge is 0.369 e. The van der Waals surface area contributed by atoms with Gasteiger partial charge in [0.05, 0.1) is 0 Å². The smallest absolute Gasteiger partial charge is 0.339 e. The summed E-state index contributed by atoms with van der Waals surface area (Å²) in [7, 11) is 0. The Labute approximate surface area is 124 Å². The Morgan fingerprint density at radius 3 is 2.76 bits per heavy atom. The molecule has 110 valence electrons. The first-order chi connectivity index (χ1) is 9.95. The summed E-state index contributed by atoms with van der Waals surface area (Å²) in [4.78, 5) is 16.5. The van der Waals surface area contributed by atoms with Gasteiger partial charge in [-0.05, 0) is 27.9 Å². The SMILES string of the molecule is CC(C)(C)c1nc(Cn2nnn(-c3cccs3)c2=O)no1. The molecule has 0 unspecified atom stereocenters. The normalized spacial score (nSPS) is 12.0. The molecule has 0 amide bonds. The summed E-state index contributed by atoms with van der Waals surface area (Å²) in [6.45, 7) is 6.06. The Bertz CT molecular complexity index is 792. The number of hydrogen-bond acceptors (Lipinski definition) is 7. The molecule has 0 radical (unpaired) electrons. The molecule has 3 heterocycles.